The summed E-state index contributed by atoms with van der Waals surface area (Å²) in [6.07, 6.45) is 11.9. The second-order valence-corrected chi connectivity index (χ2v) is 1.68. The van der Waals surface area contributed by atoms with Gasteiger partial charge in [-0.05, 0) is 5.57 Å². The molecule has 1 aliphatic rings. The number of hydrogen-bond donors (Lipinski definition) is 0. The number of rotatable bonds is 0. The van der Waals surface area contributed by atoms with Gasteiger partial charge in [0.25, 0.3) is 0 Å². The van der Waals surface area contributed by atoms with Gasteiger partial charge in [0, 0.05) is 34.1 Å². The topological polar surface area (TPSA) is 119 Å². The van der Waals surface area contributed by atoms with Crippen molar-refractivity contribution in [2.24, 2.45) is 0 Å². The summed E-state index contributed by atoms with van der Waals surface area (Å²) in [5, 5.41) is 0. The molecular weight excluding hydrogens is 376 g/mol. The summed E-state index contributed by atoms with van der Waals surface area (Å²) in [5.41, 5.74) is 1.05. The van der Waals surface area contributed by atoms with Crippen molar-refractivity contribution in [3.8, 4) is 0 Å². The Hall–Kier alpha value is -1.56. The van der Waals surface area contributed by atoms with E-state index < -0.39 is 0 Å². The van der Waals surface area contributed by atoms with Crippen LogP contribution in [-0.4, -0.2) is 0 Å². The van der Waals surface area contributed by atoms with Gasteiger partial charge >= 0.3 is 67.8 Å². The van der Waals surface area contributed by atoms with Crippen molar-refractivity contribution >= 4 is 0 Å². The maximum absolute atomic E-state index is 7.50. The standard InChI is InChI=1S/C8H8.6CO.2Fe/c1-8-6-4-2-3-5-7-8;6*1-2;;/h2-7H,1H2;;;;;;;;. The monoisotopic (exact) mass is 384 g/mol. The van der Waals surface area contributed by atoms with Crippen LogP contribution in [0.4, 0.5) is 0 Å². The molecular formula is C14H8Fe2O6. The van der Waals surface area contributed by atoms with Gasteiger partial charge in [-0.1, -0.05) is 43.0 Å². The Morgan fingerprint density at radius 3 is 0.864 bits per heavy atom. The molecule has 0 unspecified atom stereocenters. The fourth-order valence-electron chi connectivity index (χ4n) is 0.542. The fourth-order valence-corrected chi connectivity index (χ4v) is 0.542. The van der Waals surface area contributed by atoms with Gasteiger partial charge in [0.2, 0.25) is 0 Å². The molecule has 0 aromatic carbocycles. The molecule has 0 aromatic heterocycles. The maximum Gasteiger partial charge on any atom is 0 e. The van der Waals surface area contributed by atoms with Crippen LogP contribution in [0.5, 0.6) is 0 Å². The third-order valence-corrected chi connectivity index (χ3v) is 0.954. The smallest absolute Gasteiger partial charge is 0 e. The van der Waals surface area contributed by atoms with Crippen LogP contribution in [0.2, 0.25) is 0 Å². The van der Waals surface area contributed by atoms with E-state index in [2.05, 4.69) is 46.5 Å². The molecule has 0 N–H and O–H groups in total. The van der Waals surface area contributed by atoms with Gasteiger partial charge in [0.15, 0.2) is 0 Å². The van der Waals surface area contributed by atoms with E-state index in [-0.39, 0.29) is 34.1 Å². The van der Waals surface area contributed by atoms with Crippen LogP contribution in [0.15, 0.2) is 48.6 Å². The second kappa shape index (κ2) is 119. The van der Waals surface area contributed by atoms with E-state index in [1.807, 2.05) is 36.5 Å². The van der Waals surface area contributed by atoms with Crippen LogP contribution in [0.25, 0.3) is 0 Å². The first-order chi connectivity index (χ1) is 9.89. The molecule has 0 amide bonds. The molecule has 6 nitrogen and oxygen atoms in total. The van der Waals surface area contributed by atoms with Gasteiger partial charge in [-0.2, -0.15) is 0 Å². The Labute approximate surface area is 150 Å². The van der Waals surface area contributed by atoms with Crippen LogP contribution < -0.4 is 0 Å². The normalized spacial score (nSPS) is 6.64. The molecule has 0 fully saturated rings. The average Bonchev–Trinajstić information content (AvgIpc) is 2.86. The molecule has 1 aliphatic carbocycles. The number of hydrogen-bond acceptors (Lipinski definition) is 0. The van der Waals surface area contributed by atoms with Crippen molar-refractivity contribution < 1.29 is 62.1 Å². The molecule has 0 spiro atoms. The molecule has 0 bridgehead atoms. The van der Waals surface area contributed by atoms with E-state index in [0.717, 1.165) is 5.57 Å². The molecule has 0 atom stereocenters. The van der Waals surface area contributed by atoms with Crippen molar-refractivity contribution in [2.45, 2.75) is 0 Å². The van der Waals surface area contributed by atoms with Crippen LogP contribution >= 0.6 is 0 Å². The summed E-state index contributed by atoms with van der Waals surface area (Å²) < 4.78 is 45.0. The van der Waals surface area contributed by atoms with E-state index in [1.54, 1.807) is 0 Å². The van der Waals surface area contributed by atoms with Crippen molar-refractivity contribution in [3.63, 3.8) is 0 Å². The summed E-state index contributed by atoms with van der Waals surface area (Å²) in [6.45, 7) is 30.8. The van der Waals surface area contributed by atoms with Gasteiger partial charge in [-0.3, -0.25) is 0 Å². The quantitative estimate of drug-likeness (QED) is 0.345. The van der Waals surface area contributed by atoms with Gasteiger partial charge in [-0.25, -0.2) is 0 Å². The van der Waals surface area contributed by atoms with Crippen LogP contribution in [-0.2, 0) is 62.1 Å². The van der Waals surface area contributed by atoms with Gasteiger partial charge in [0.05, 0.1) is 0 Å². The summed E-state index contributed by atoms with van der Waals surface area (Å²) >= 11 is 0. The Morgan fingerprint density at radius 2 is 0.682 bits per heavy atom. The minimum atomic E-state index is 0. The Bertz CT molecular complexity index is 330. The molecule has 0 heterocycles. The summed E-state index contributed by atoms with van der Waals surface area (Å²) in [5.74, 6) is 0. The Balaban J connectivity index is -0.0000000203. The Morgan fingerprint density at radius 1 is 0.500 bits per heavy atom. The first-order valence-corrected chi connectivity index (χ1v) is 3.82. The number of allylic oxidation sites excluding steroid dienone is 7. The SMILES string of the molecule is C=C1C=CC=CC=C1.[C-]#[O+].[C-]#[O+].[C-]#[O+].[C-]#[O+].[C-]#[O+].[C-]#[O+].[Fe].[Fe]. The predicted molar refractivity (Wildman–Crippen MR) is 60.1 cm³/mol. The zero-order chi connectivity index (χ0) is 17.8. The van der Waals surface area contributed by atoms with Crippen molar-refractivity contribution in [1.82, 2.24) is 0 Å². The van der Waals surface area contributed by atoms with E-state index >= 15 is 0 Å². The zero-order valence-corrected chi connectivity index (χ0v) is 13.0. The van der Waals surface area contributed by atoms with E-state index in [9.17, 15) is 0 Å². The molecule has 0 saturated heterocycles. The predicted octanol–water partition coefficient (Wildman–Crippen LogP) is 1.99. The van der Waals surface area contributed by atoms with E-state index in [4.69, 9.17) is 27.9 Å². The molecule has 22 heavy (non-hydrogen) atoms. The van der Waals surface area contributed by atoms with Crippen molar-refractivity contribution in [1.29, 1.82) is 0 Å². The molecule has 0 aromatic rings. The second-order valence-electron chi connectivity index (χ2n) is 1.68. The summed E-state index contributed by atoms with van der Waals surface area (Å²) in [6, 6.07) is 0. The Kier molecular flexibility index (Phi) is 271. The van der Waals surface area contributed by atoms with Crippen LogP contribution in [0, 0.1) is 39.9 Å². The first kappa shape index (κ1) is 49.9. The molecule has 0 radical (unpaired) electrons. The molecule has 0 aliphatic heterocycles. The third-order valence-electron chi connectivity index (χ3n) is 0.954. The van der Waals surface area contributed by atoms with E-state index in [0.29, 0.717) is 0 Å². The first-order valence-electron chi connectivity index (χ1n) is 3.82. The zero-order valence-electron chi connectivity index (χ0n) is 10.8. The van der Waals surface area contributed by atoms with E-state index in [1.165, 1.54) is 0 Å². The minimum Gasteiger partial charge on any atom is 0 e. The third kappa shape index (κ3) is 101. The van der Waals surface area contributed by atoms with Gasteiger partial charge in [-0.15, -0.1) is 0 Å². The molecule has 8 heteroatoms. The minimum absolute atomic E-state index is 0. The molecule has 0 saturated carbocycles. The van der Waals surface area contributed by atoms with Gasteiger partial charge < -0.3 is 0 Å². The van der Waals surface area contributed by atoms with Crippen molar-refractivity contribution in [2.75, 3.05) is 0 Å². The van der Waals surface area contributed by atoms with Crippen molar-refractivity contribution in [3.05, 3.63) is 88.5 Å². The maximum atomic E-state index is 7.50. The molecule has 116 valence electrons. The largest absolute Gasteiger partial charge is 0 e. The van der Waals surface area contributed by atoms with Gasteiger partial charge in [0.1, 0.15) is 0 Å². The fraction of sp³-hybridized carbons (Fsp3) is 0. The molecule has 1 rings (SSSR count). The average molecular weight is 384 g/mol. The summed E-state index contributed by atoms with van der Waals surface area (Å²) in [7, 11) is 0. The van der Waals surface area contributed by atoms with Crippen LogP contribution in [0.3, 0.4) is 0 Å². The van der Waals surface area contributed by atoms with Crippen LogP contribution in [0.1, 0.15) is 0 Å². The summed E-state index contributed by atoms with van der Waals surface area (Å²) in [4.78, 5) is 0.